The fraction of sp³-hybridized carbons (Fsp3) is 0.0588. The number of pyridine rings is 1. The van der Waals surface area contributed by atoms with E-state index in [9.17, 15) is 9.59 Å². The summed E-state index contributed by atoms with van der Waals surface area (Å²) in [5.74, 6) is 0.249. The third kappa shape index (κ3) is 2.56. The molecule has 5 nitrogen and oxygen atoms in total. The van der Waals surface area contributed by atoms with E-state index in [0.29, 0.717) is 22.3 Å². The Hall–Kier alpha value is -3.08. The van der Waals surface area contributed by atoms with Crippen molar-refractivity contribution in [2.45, 2.75) is 0 Å². The highest BCUT2D eigenvalue weighted by Crippen LogP contribution is 2.15. The molecule has 0 aliphatic heterocycles. The summed E-state index contributed by atoms with van der Waals surface area (Å²) < 4.78 is 5.06. The number of fused-ring (bicyclic) bond motifs is 1. The predicted octanol–water partition coefficient (Wildman–Crippen LogP) is 2.79. The van der Waals surface area contributed by atoms with E-state index < -0.39 is 5.91 Å². The van der Waals surface area contributed by atoms with Gasteiger partial charge in [0, 0.05) is 22.8 Å². The number of benzene rings is 2. The van der Waals surface area contributed by atoms with Crippen molar-refractivity contribution in [2.75, 3.05) is 12.4 Å². The van der Waals surface area contributed by atoms with Gasteiger partial charge >= 0.3 is 0 Å². The van der Waals surface area contributed by atoms with Crippen LogP contribution in [0.5, 0.6) is 5.75 Å². The van der Waals surface area contributed by atoms with Crippen LogP contribution in [-0.4, -0.2) is 18.0 Å². The van der Waals surface area contributed by atoms with Crippen molar-refractivity contribution in [1.29, 1.82) is 0 Å². The van der Waals surface area contributed by atoms with Crippen LogP contribution in [0.3, 0.4) is 0 Å². The number of anilines is 1. The number of carbonyl (C=O) groups excluding carboxylic acids is 1. The molecule has 3 aromatic rings. The van der Waals surface area contributed by atoms with E-state index in [-0.39, 0.29) is 11.0 Å². The Morgan fingerprint density at radius 3 is 2.55 bits per heavy atom. The molecule has 0 spiro atoms. The van der Waals surface area contributed by atoms with E-state index in [4.69, 9.17) is 4.74 Å². The molecule has 0 saturated heterocycles. The van der Waals surface area contributed by atoms with Crippen LogP contribution in [0, 0.1) is 0 Å². The molecule has 5 heteroatoms. The number of methoxy groups -OCH3 is 1. The maximum atomic E-state index is 12.4. The maximum Gasteiger partial charge on any atom is 0.261 e. The van der Waals surface area contributed by atoms with Gasteiger partial charge in [-0.15, -0.1) is 0 Å². The number of para-hydroxylation sites is 1. The quantitative estimate of drug-likeness (QED) is 0.780. The van der Waals surface area contributed by atoms with Crippen LogP contribution in [0.25, 0.3) is 10.9 Å². The van der Waals surface area contributed by atoms with E-state index in [1.165, 1.54) is 6.20 Å². The van der Waals surface area contributed by atoms with Crippen LogP contribution in [-0.2, 0) is 0 Å². The van der Waals surface area contributed by atoms with Gasteiger partial charge in [0.15, 0.2) is 0 Å². The first kappa shape index (κ1) is 13.9. The van der Waals surface area contributed by atoms with Gasteiger partial charge in [0.05, 0.1) is 7.11 Å². The van der Waals surface area contributed by atoms with Gasteiger partial charge in [0.1, 0.15) is 11.3 Å². The molecule has 110 valence electrons. The molecule has 0 aliphatic rings. The monoisotopic (exact) mass is 294 g/mol. The topological polar surface area (TPSA) is 71.2 Å². The minimum absolute atomic E-state index is 0.0783. The summed E-state index contributed by atoms with van der Waals surface area (Å²) in [5, 5.41) is 3.19. The van der Waals surface area contributed by atoms with E-state index in [1.54, 1.807) is 49.6 Å². The number of aromatic amines is 1. The van der Waals surface area contributed by atoms with Gasteiger partial charge in [0.2, 0.25) is 5.43 Å². The average Bonchev–Trinajstić information content (AvgIpc) is 2.56. The van der Waals surface area contributed by atoms with Crippen LogP contribution < -0.4 is 15.5 Å². The summed E-state index contributed by atoms with van der Waals surface area (Å²) in [4.78, 5) is 27.6. The Kier molecular flexibility index (Phi) is 3.62. The van der Waals surface area contributed by atoms with E-state index in [1.807, 2.05) is 6.07 Å². The van der Waals surface area contributed by atoms with Crippen molar-refractivity contribution < 1.29 is 9.53 Å². The lowest BCUT2D eigenvalue weighted by Crippen LogP contribution is -2.21. The Labute approximate surface area is 126 Å². The predicted molar refractivity (Wildman–Crippen MR) is 85.5 cm³/mol. The zero-order valence-corrected chi connectivity index (χ0v) is 11.9. The van der Waals surface area contributed by atoms with Crippen molar-refractivity contribution in [2.24, 2.45) is 0 Å². The number of hydrogen-bond donors (Lipinski definition) is 2. The molecule has 2 N–H and O–H groups in total. The molecular weight excluding hydrogens is 280 g/mol. The summed E-state index contributed by atoms with van der Waals surface area (Å²) in [6.07, 6.45) is 1.43. The smallest absolute Gasteiger partial charge is 0.261 e. The Morgan fingerprint density at radius 2 is 1.82 bits per heavy atom. The molecule has 3 rings (SSSR count). The lowest BCUT2D eigenvalue weighted by atomic mass is 10.1. The molecule has 0 unspecified atom stereocenters. The second-order valence-corrected chi connectivity index (χ2v) is 4.76. The first-order valence-corrected chi connectivity index (χ1v) is 6.75. The van der Waals surface area contributed by atoms with Crippen molar-refractivity contribution in [3.8, 4) is 5.75 Å². The Balaban J connectivity index is 1.91. The third-order valence-corrected chi connectivity index (χ3v) is 3.38. The summed E-state index contributed by atoms with van der Waals surface area (Å²) >= 11 is 0. The highest BCUT2D eigenvalue weighted by molar-refractivity contribution is 6.05. The molecule has 2 aromatic carbocycles. The van der Waals surface area contributed by atoms with Crippen LogP contribution in [0.1, 0.15) is 10.4 Å². The van der Waals surface area contributed by atoms with Crippen LogP contribution in [0.4, 0.5) is 5.69 Å². The highest BCUT2D eigenvalue weighted by atomic mass is 16.5. The molecule has 0 saturated carbocycles. The highest BCUT2D eigenvalue weighted by Gasteiger charge is 2.13. The van der Waals surface area contributed by atoms with E-state index in [2.05, 4.69) is 10.3 Å². The average molecular weight is 294 g/mol. The number of H-pyrrole nitrogens is 1. The first-order chi connectivity index (χ1) is 10.7. The van der Waals surface area contributed by atoms with Crippen molar-refractivity contribution in [3.63, 3.8) is 0 Å². The Morgan fingerprint density at radius 1 is 1.09 bits per heavy atom. The van der Waals surface area contributed by atoms with Crippen LogP contribution in [0.2, 0.25) is 0 Å². The van der Waals surface area contributed by atoms with Crippen LogP contribution >= 0.6 is 0 Å². The number of hydrogen-bond acceptors (Lipinski definition) is 3. The molecule has 1 amide bonds. The van der Waals surface area contributed by atoms with Gasteiger partial charge in [-0.2, -0.15) is 0 Å². The number of ether oxygens (including phenoxy) is 1. The summed E-state index contributed by atoms with van der Waals surface area (Å²) in [6, 6.07) is 14.0. The van der Waals surface area contributed by atoms with Gasteiger partial charge < -0.3 is 15.0 Å². The van der Waals surface area contributed by atoms with Gasteiger partial charge in [-0.3, -0.25) is 9.59 Å². The fourth-order valence-electron chi connectivity index (χ4n) is 2.21. The van der Waals surface area contributed by atoms with Crippen LogP contribution in [0.15, 0.2) is 59.5 Å². The third-order valence-electron chi connectivity index (χ3n) is 3.38. The van der Waals surface area contributed by atoms with Gasteiger partial charge in [-0.05, 0) is 36.4 Å². The zero-order valence-electron chi connectivity index (χ0n) is 11.9. The number of nitrogens with one attached hydrogen (secondary N) is 2. The minimum Gasteiger partial charge on any atom is -0.497 e. The van der Waals surface area contributed by atoms with Crippen molar-refractivity contribution >= 4 is 22.5 Å². The molecule has 0 fully saturated rings. The Bertz CT molecular complexity index is 882. The first-order valence-electron chi connectivity index (χ1n) is 6.75. The molecule has 0 atom stereocenters. The molecule has 0 bridgehead atoms. The molecule has 0 radical (unpaired) electrons. The minimum atomic E-state index is -0.447. The number of carbonyl (C=O) groups is 1. The second-order valence-electron chi connectivity index (χ2n) is 4.76. The summed E-state index contributed by atoms with van der Waals surface area (Å²) in [5.41, 5.74) is 1.08. The van der Waals surface area contributed by atoms with Gasteiger partial charge in [-0.25, -0.2) is 0 Å². The SMILES string of the molecule is COc1ccc(NC(=O)c2c[nH]c3ccccc3c2=O)cc1. The fourth-order valence-corrected chi connectivity index (χ4v) is 2.21. The molecular formula is C17H14N2O3. The normalized spacial score (nSPS) is 10.4. The van der Waals surface area contributed by atoms with Gasteiger partial charge in [0.25, 0.3) is 5.91 Å². The summed E-state index contributed by atoms with van der Waals surface area (Å²) in [6.45, 7) is 0. The summed E-state index contributed by atoms with van der Waals surface area (Å²) in [7, 11) is 1.57. The molecule has 1 heterocycles. The van der Waals surface area contributed by atoms with Gasteiger partial charge in [-0.1, -0.05) is 12.1 Å². The molecule has 22 heavy (non-hydrogen) atoms. The second kappa shape index (κ2) is 5.73. The van der Waals surface area contributed by atoms with Crippen molar-refractivity contribution in [1.82, 2.24) is 4.98 Å². The van der Waals surface area contributed by atoms with E-state index >= 15 is 0 Å². The lowest BCUT2D eigenvalue weighted by molar-refractivity contribution is 0.102. The zero-order chi connectivity index (χ0) is 15.5. The lowest BCUT2D eigenvalue weighted by Gasteiger charge is -2.07. The maximum absolute atomic E-state index is 12.4. The van der Waals surface area contributed by atoms with E-state index in [0.717, 1.165) is 0 Å². The molecule has 0 aliphatic carbocycles. The number of rotatable bonds is 3. The number of amides is 1. The number of aromatic nitrogens is 1. The largest absolute Gasteiger partial charge is 0.497 e. The molecule has 1 aromatic heterocycles. The standard InChI is InChI=1S/C17H14N2O3/c1-22-12-8-6-11(7-9-12)19-17(21)14-10-18-15-5-3-2-4-13(15)16(14)20/h2-10H,1H3,(H,18,20)(H,19,21). The van der Waals surface area contributed by atoms with Crippen molar-refractivity contribution in [3.05, 3.63) is 70.5 Å².